The highest BCUT2D eigenvalue weighted by atomic mass is 16.5. The van der Waals surface area contributed by atoms with Crippen molar-refractivity contribution in [2.45, 2.75) is 32.8 Å². The van der Waals surface area contributed by atoms with Crippen molar-refractivity contribution < 1.29 is 18.7 Å². The van der Waals surface area contributed by atoms with Crippen molar-refractivity contribution in [3.05, 3.63) is 45.8 Å². The van der Waals surface area contributed by atoms with Gasteiger partial charge in [-0.25, -0.2) is 4.79 Å². The van der Waals surface area contributed by atoms with Crippen LogP contribution in [0.1, 0.15) is 24.0 Å². The normalized spacial score (nSPS) is 18.1. The Morgan fingerprint density at radius 1 is 1.19 bits per heavy atom. The van der Waals surface area contributed by atoms with Crippen molar-refractivity contribution in [1.29, 1.82) is 0 Å². The molecular weight excluding hydrogens is 346 g/mol. The number of likely N-dealkylation sites (N-methyl/N-ethyl adjacent to an activating group) is 1. The number of fused-ring (bicyclic) bond motifs is 1. The average molecular weight is 369 g/mol. The highest BCUT2D eigenvalue weighted by molar-refractivity contribution is 5.84. The first-order valence-electron chi connectivity index (χ1n) is 9.15. The Morgan fingerprint density at radius 3 is 2.78 bits per heavy atom. The van der Waals surface area contributed by atoms with Crippen LogP contribution in [-0.4, -0.2) is 36.2 Å². The number of piperidine rings is 1. The summed E-state index contributed by atoms with van der Waals surface area (Å²) in [5, 5.41) is 11.0. The summed E-state index contributed by atoms with van der Waals surface area (Å²) in [5.74, 6) is 1.38. The van der Waals surface area contributed by atoms with Gasteiger partial charge in [-0.3, -0.25) is 0 Å². The van der Waals surface area contributed by atoms with Gasteiger partial charge in [-0.2, -0.15) is 0 Å². The molecule has 27 heavy (non-hydrogen) atoms. The topological polar surface area (TPSA) is 76.0 Å². The molecule has 1 aromatic carbocycles. The Bertz CT molecular complexity index is 1050. The highest BCUT2D eigenvalue weighted by Gasteiger charge is 2.20. The van der Waals surface area contributed by atoms with E-state index in [0.29, 0.717) is 16.9 Å². The Hall–Kier alpha value is -2.73. The molecule has 1 atom stereocenters. The Balaban J connectivity index is 1.66. The fraction of sp³-hybridized carbons (Fsp3) is 0.381. The standard InChI is InChI=1S/C21H23NO5/c1-12-19(23)13(2)21(24)27-20(12)18-10-14-9-15(6-7-17(14)26-18)25-16-5-4-8-22(3)11-16/h6-7,9-10,16,23H,4-5,8,11H2,1-3H3. The fourth-order valence-corrected chi connectivity index (χ4v) is 3.58. The lowest BCUT2D eigenvalue weighted by molar-refractivity contribution is 0.104. The van der Waals surface area contributed by atoms with Crippen molar-refractivity contribution >= 4 is 11.0 Å². The van der Waals surface area contributed by atoms with Crippen LogP contribution in [-0.2, 0) is 0 Å². The minimum atomic E-state index is -0.570. The molecule has 142 valence electrons. The van der Waals surface area contributed by atoms with Crippen LogP contribution in [0.5, 0.6) is 11.5 Å². The first-order chi connectivity index (χ1) is 12.9. The van der Waals surface area contributed by atoms with Crippen LogP contribution in [0.2, 0.25) is 0 Å². The number of hydrogen-bond acceptors (Lipinski definition) is 6. The van der Waals surface area contributed by atoms with Gasteiger partial charge < -0.3 is 23.6 Å². The first kappa shape index (κ1) is 17.7. The molecule has 4 rings (SSSR count). The molecule has 0 spiro atoms. The second-order valence-corrected chi connectivity index (χ2v) is 7.27. The summed E-state index contributed by atoms with van der Waals surface area (Å²) in [6.45, 7) is 5.25. The van der Waals surface area contributed by atoms with Gasteiger partial charge in [0, 0.05) is 17.5 Å². The fourth-order valence-electron chi connectivity index (χ4n) is 3.58. The molecule has 3 aromatic rings. The van der Waals surface area contributed by atoms with Crippen LogP contribution in [0.15, 0.2) is 37.9 Å². The zero-order chi connectivity index (χ0) is 19.1. The van der Waals surface area contributed by atoms with Gasteiger partial charge >= 0.3 is 5.63 Å². The molecular formula is C21H23NO5. The van der Waals surface area contributed by atoms with E-state index in [9.17, 15) is 9.90 Å². The largest absolute Gasteiger partial charge is 0.507 e. The second kappa shape index (κ2) is 6.78. The van der Waals surface area contributed by atoms with Gasteiger partial charge in [-0.05, 0) is 64.5 Å². The van der Waals surface area contributed by atoms with Gasteiger partial charge in [-0.15, -0.1) is 0 Å². The number of nitrogens with zero attached hydrogens (tertiary/aromatic N) is 1. The molecule has 3 heterocycles. The second-order valence-electron chi connectivity index (χ2n) is 7.27. The maximum atomic E-state index is 11.9. The van der Waals surface area contributed by atoms with E-state index in [2.05, 4.69) is 11.9 Å². The number of ether oxygens (including phenoxy) is 1. The maximum absolute atomic E-state index is 11.9. The van der Waals surface area contributed by atoms with Gasteiger partial charge in [0.25, 0.3) is 0 Å². The quantitative estimate of drug-likeness (QED) is 0.756. The third kappa shape index (κ3) is 3.32. The van der Waals surface area contributed by atoms with Gasteiger partial charge in [0.1, 0.15) is 23.2 Å². The van der Waals surface area contributed by atoms with E-state index in [0.717, 1.165) is 37.1 Å². The molecule has 1 aliphatic rings. The first-order valence-corrected chi connectivity index (χ1v) is 9.15. The predicted octanol–water partition coefficient (Wildman–Crippen LogP) is 3.85. The molecule has 6 heteroatoms. The Morgan fingerprint density at radius 2 is 2.00 bits per heavy atom. The van der Waals surface area contributed by atoms with E-state index in [1.807, 2.05) is 18.2 Å². The Labute approximate surface area is 157 Å². The summed E-state index contributed by atoms with van der Waals surface area (Å²) < 4.78 is 17.3. The molecule has 1 saturated heterocycles. The minimum absolute atomic E-state index is 0.0628. The third-order valence-electron chi connectivity index (χ3n) is 5.15. The number of likely N-dealkylation sites (tertiary alicyclic amines) is 1. The van der Waals surface area contributed by atoms with Gasteiger partial charge in [-0.1, -0.05) is 0 Å². The molecule has 0 saturated carbocycles. The molecule has 1 N–H and O–H groups in total. The molecule has 0 amide bonds. The summed E-state index contributed by atoms with van der Waals surface area (Å²) in [5.41, 5.74) is 0.771. The van der Waals surface area contributed by atoms with Crippen LogP contribution in [0.25, 0.3) is 22.5 Å². The van der Waals surface area contributed by atoms with E-state index in [-0.39, 0.29) is 23.2 Å². The number of hydrogen-bond donors (Lipinski definition) is 1. The maximum Gasteiger partial charge on any atom is 0.343 e. The zero-order valence-corrected chi connectivity index (χ0v) is 15.7. The van der Waals surface area contributed by atoms with Crippen molar-refractivity contribution in [3.63, 3.8) is 0 Å². The van der Waals surface area contributed by atoms with Crippen molar-refractivity contribution in [2.24, 2.45) is 0 Å². The van der Waals surface area contributed by atoms with Crippen LogP contribution < -0.4 is 10.4 Å². The van der Waals surface area contributed by atoms with Crippen LogP contribution in [0.3, 0.4) is 0 Å². The van der Waals surface area contributed by atoms with Gasteiger partial charge in [0.2, 0.25) is 0 Å². The molecule has 0 bridgehead atoms. The van der Waals surface area contributed by atoms with Gasteiger partial charge in [0.15, 0.2) is 11.5 Å². The summed E-state index contributed by atoms with van der Waals surface area (Å²) in [6.07, 6.45) is 2.36. The lowest BCUT2D eigenvalue weighted by atomic mass is 10.1. The third-order valence-corrected chi connectivity index (χ3v) is 5.15. The smallest absolute Gasteiger partial charge is 0.343 e. The molecule has 1 aliphatic heterocycles. The molecule has 2 aromatic heterocycles. The lowest BCUT2D eigenvalue weighted by Crippen LogP contribution is -2.38. The monoisotopic (exact) mass is 369 g/mol. The van der Waals surface area contributed by atoms with E-state index in [1.165, 1.54) is 6.92 Å². The van der Waals surface area contributed by atoms with E-state index in [4.69, 9.17) is 13.6 Å². The van der Waals surface area contributed by atoms with Gasteiger partial charge in [0.05, 0.1) is 5.56 Å². The van der Waals surface area contributed by atoms with Crippen LogP contribution in [0, 0.1) is 13.8 Å². The average Bonchev–Trinajstić information content (AvgIpc) is 3.06. The minimum Gasteiger partial charge on any atom is -0.507 e. The summed E-state index contributed by atoms with van der Waals surface area (Å²) in [6, 6.07) is 7.47. The number of rotatable bonds is 3. The summed E-state index contributed by atoms with van der Waals surface area (Å²) in [7, 11) is 2.11. The Kier molecular flexibility index (Phi) is 4.44. The van der Waals surface area contributed by atoms with Crippen molar-refractivity contribution in [2.75, 3.05) is 20.1 Å². The number of aromatic hydroxyl groups is 1. The SMILES string of the molecule is Cc1c(-c2cc3cc(OC4CCCN(C)C4)ccc3o2)oc(=O)c(C)c1O. The van der Waals surface area contributed by atoms with Crippen molar-refractivity contribution in [1.82, 2.24) is 4.90 Å². The number of furan rings is 1. The molecule has 0 aliphatic carbocycles. The van der Waals surface area contributed by atoms with Crippen LogP contribution >= 0.6 is 0 Å². The summed E-state index contributed by atoms with van der Waals surface area (Å²) >= 11 is 0. The van der Waals surface area contributed by atoms with E-state index in [1.54, 1.807) is 13.0 Å². The predicted molar refractivity (Wildman–Crippen MR) is 102 cm³/mol. The molecule has 0 radical (unpaired) electrons. The highest BCUT2D eigenvalue weighted by Crippen LogP contribution is 2.35. The number of benzene rings is 1. The lowest BCUT2D eigenvalue weighted by Gasteiger charge is -2.29. The molecule has 1 fully saturated rings. The van der Waals surface area contributed by atoms with E-state index < -0.39 is 5.63 Å². The van der Waals surface area contributed by atoms with Crippen molar-refractivity contribution in [3.8, 4) is 23.0 Å². The molecule has 6 nitrogen and oxygen atoms in total. The van der Waals surface area contributed by atoms with Crippen LogP contribution in [0.4, 0.5) is 0 Å². The molecule has 1 unspecified atom stereocenters. The summed E-state index contributed by atoms with van der Waals surface area (Å²) in [4.78, 5) is 14.2. The van der Waals surface area contributed by atoms with E-state index >= 15 is 0 Å². The zero-order valence-electron chi connectivity index (χ0n) is 15.7.